The van der Waals surface area contributed by atoms with Crippen LogP contribution >= 0.6 is 0 Å². The lowest BCUT2D eigenvalue weighted by molar-refractivity contribution is 0.734. The summed E-state index contributed by atoms with van der Waals surface area (Å²) in [6, 6.07) is 10.3. The van der Waals surface area contributed by atoms with Gasteiger partial charge in [0.15, 0.2) is 0 Å². The van der Waals surface area contributed by atoms with E-state index in [0.717, 1.165) is 5.56 Å². The Morgan fingerprint density at radius 3 is 2.32 bits per heavy atom. The largest absolute Gasteiger partial charge is 0.261 e. The van der Waals surface area contributed by atoms with Gasteiger partial charge in [0, 0.05) is 23.7 Å². The number of nitrogens with zero attached hydrogens (tertiary/aromatic N) is 1. The summed E-state index contributed by atoms with van der Waals surface area (Å²) < 4.78 is 0. The van der Waals surface area contributed by atoms with Gasteiger partial charge in [-0.1, -0.05) is 54.6 Å². The molecule has 1 fully saturated rings. The number of aliphatic imine (C=N–C) groups is 1. The van der Waals surface area contributed by atoms with E-state index in [9.17, 15) is 0 Å². The molecule has 2 aliphatic rings. The first-order valence-electron chi connectivity index (χ1n) is 6.99. The lowest BCUT2D eigenvalue weighted by atomic mass is 9.96. The molecule has 1 nitrogen and oxygen atoms in total. The minimum atomic E-state index is 0.591. The van der Waals surface area contributed by atoms with Gasteiger partial charge in [0.25, 0.3) is 0 Å². The number of fused-ring (bicyclic) bond motifs is 2. The Kier molecular flexibility index (Phi) is 3.45. The molecule has 0 radical (unpaired) electrons. The summed E-state index contributed by atoms with van der Waals surface area (Å²) in [5, 5.41) is 0. The van der Waals surface area contributed by atoms with Gasteiger partial charge in [-0.2, -0.15) is 0 Å². The molecule has 3 rings (SSSR count). The van der Waals surface area contributed by atoms with Crippen molar-refractivity contribution in [2.45, 2.75) is 19.8 Å². The van der Waals surface area contributed by atoms with Gasteiger partial charge in [-0.25, -0.2) is 0 Å². The van der Waals surface area contributed by atoms with E-state index in [-0.39, 0.29) is 0 Å². The van der Waals surface area contributed by atoms with Crippen LogP contribution in [0.25, 0.3) is 0 Å². The van der Waals surface area contributed by atoms with Crippen molar-refractivity contribution in [3.63, 3.8) is 0 Å². The molecule has 0 aromatic heterocycles. The Bertz CT molecular complexity index is 539. The fourth-order valence-corrected chi connectivity index (χ4v) is 3.06. The summed E-state index contributed by atoms with van der Waals surface area (Å²) >= 11 is 0. The molecular weight excluding hydrogens is 230 g/mol. The molecule has 1 aromatic rings. The van der Waals surface area contributed by atoms with Gasteiger partial charge in [-0.15, -0.1) is 0 Å². The minimum absolute atomic E-state index is 0.591. The van der Waals surface area contributed by atoms with Crippen LogP contribution in [0.1, 0.15) is 25.3 Å². The van der Waals surface area contributed by atoms with Gasteiger partial charge in [0.1, 0.15) is 0 Å². The molecule has 1 aromatic carbocycles. The molecule has 1 saturated carbocycles. The van der Waals surface area contributed by atoms with Gasteiger partial charge < -0.3 is 0 Å². The van der Waals surface area contributed by atoms with Gasteiger partial charge in [-0.05, 0) is 30.9 Å². The Morgan fingerprint density at radius 1 is 1.05 bits per heavy atom. The fraction of sp³-hybridized carbons (Fsp3) is 0.278. The molecule has 96 valence electrons. The number of allylic oxidation sites excluding steroid dienone is 6. The highest BCUT2D eigenvalue weighted by Crippen LogP contribution is 2.41. The first-order chi connectivity index (χ1) is 9.34. The van der Waals surface area contributed by atoms with Crippen LogP contribution in [0.5, 0.6) is 0 Å². The summed E-state index contributed by atoms with van der Waals surface area (Å²) in [4.78, 5) is 4.69. The van der Waals surface area contributed by atoms with Crippen molar-refractivity contribution in [3.8, 4) is 0 Å². The molecule has 2 bridgehead atoms. The lowest BCUT2D eigenvalue weighted by Gasteiger charge is -2.12. The van der Waals surface area contributed by atoms with E-state index in [4.69, 9.17) is 0 Å². The smallest absolute Gasteiger partial charge is 0.0376 e. The van der Waals surface area contributed by atoms with E-state index < -0.39 is 0 Å². The Hall–Kier alpha value is -1.89. The van der Waals surface area contributed by atoms with Crippen molar-refractivity contribution in [2.75, 3.05) is 0 Å². The minimum Gasteiger partial charge on any atom is -0.261 e. The predicted molar refractivity (Wildman–Crippen MR) is 81.2 cm³/mol. The number of hydrogen-bond donors (Lipinski definition) is 0. The molecule has 0 spiro atoms. The monoisotopic (exact) mass is 249 g/mol. The zero-order valence-electron chi connectivity index (χ0n) is 11.3. The van der Waals surface area contributed by atoms with Crippen LogP contribution in [-0.4, -0.2) is 6.21 Å². The zero-order chi connectivity index (χ0) is 13.1. The van der Waals surface area contributed by atoms with Gasteiger partial charge >= 0.3 is 0 Å². The highest BCUT2D eigenvalue weighted by molar-refractivity contribution is 5.80. The van der Waals surface area contributed by atoms with E-state index >= 15 is 0 Å². The normalized spacial score (nSPS) is 25.0. The predicted octanol–water partition coefficient (Wildman–Crippen LogP) is 4.53. The van der Waals surface area contributed by atoms with Crippen LogP contribution in [0.2, 0.25) is 0 Å². The van der Waals surface area contributed by atoms with Gasteiger partial charge in [0.05, 0.1) is 0 Å². The average molecular weight is 249 g/mol. The van der Waals surface area contributed by atoms with Crippen LogP contribution in [0.3, 0.4) is 0 Å². The Labute approximate surface area is 115 Å². The van der Waals surface area contributed by atoms with Crippen molar-refractivity contribution >= 4 is 6.21 Å². The van der Waals surface area contributed by atoms with Crippen molar-refractivity contribution in [2.24, 2.45) is 16.8 Å². The van der Waals surface area contributed by atoms with Crippen molar-refractivity contribution in [1.82, 2.24) is 0 Å². The second-order valence-electron chi connectivity index (χ2n) is 5.27. The second kappa shape index (κ2) is 5.40. The van der Waals surface area contributed by atoms with Gasteiger partial charge in [-0.3, -0.25) is 4.99 Å². The summed E-state index contributed by atoms with van der Waals surface area (Å²) in [7, 11) is 0. The highest BCUT2D eigenvalue weighted by Gasteiger charge is 2.29. The average Bonchev–Trinajstić information content (AvgIpc) is 2.71. The maximum absolute atomic E-state index is 4.69. The van der Waals surface area contributed by atoms with Crippen LogP contribution in [0, 0.1) is 11.8 Å². The van der Waals surface area contributed by atoms with E-state index in [2.05, 4.69) is 48.4 Å². The van der Waals surface area contributed by atoms with Crippen molar-refractivity contribution in [1.29, 1.82) is 0 Å². The van der Waals surface area contributed by atoms with Crippen LogP contribution in [0.15, 0.2) is 70.9 Å². The molecular formula is C18H19N. The molecule has 19 heavy (non-hydrogen) atoms. The van der Waals surface area contributed by atoms with E-state index in [0.29, 0.717) is 11.8 Å². The molecule has 2 aliphatic carbocycles. The number of benzene rings is 1. The third kappa shape index (κ3) is 2.60. The molecule has 0 aliphatic heterocycles. The van der Waals surface area contributed by atoms with Crippen LogP contribution in [0.4, 0.5) is 0 Å². The van der Waals surface area contributed by atoms with Gasteiger partial charge in [0.2, 0.25) is 0 Å². The first-order valence-corrected chi connectivity index (χ1v) is 6.99. The molecule has 0 heterocycles. The number of rotatable bonds is 2. The quantitative estimate of drug-likeness (QED) is 0.683. The fourth-order valence-electron chi connectivity index (χ4n) is 3.06. The first kappa shape index (κ1) is 12.2. The standard InChI is InChI=1S/C18H19N/c1-14(19-13-15-7-3-2-4-8-15)18-16-9-5-6-10-17(18)12-11-16/h2-10,13,16-17H,11-12H2,1H3. The van der Waals surface area contributed by atoms with E-state index in [1.807, 2.05) is 24.4 Å². The molecule has 2 atom stereocenters. The summed E-state index contributed by atoms with van der Waals surface area (Å²) in [6.07, 6.45) is 13.5. The van der Waals surface area contributed by atoms with E-state index in [1.165, 1.54) is 24.1 Å². The molecule has 0 amide bonds. The summed E-state index contributed by atoms with van der Waals surface area (Å²) in [6.45, 7) is 2.15. The third-order valence-corrected chi connectivity index (χ3v) is 4.01. The second-order valence-corrected chi connectivity index (χ2v) is 5.27. The summed E-state index contributed by atoms with van der Waals surface area (Å²) in [5.41, 5.74) is 3.86. The van der Waals surface area contributed by atoms with E-state index in [1.54, 1.807) is 0 Å². The zero-order valence-corrected chi connectivity index (χ0v) is 11.3. The van der Waals surface area contributed by atoms with Crippen molar-refractivity contribution < 1.29 is 0 Å². The maximum atomic E-state index is 4.69. The molecule has 2 unspecified atom stereocenters. The molecule has 0 N–H and O–H groups in total. The maximum Gasteiger partial charge on any atom is 0.0376 e. The molecule has 1 heteroatoms. The third-order valence-electron chi connectivity index (χ3n) is 4.01. The highest BCUT2D eigenvalue weighted by atomic mass is 14.7. The molecule has 0 saturated heterocycles. The van der Waals surface area contributed by atoms with Crippen molar-refractivity contribution in [3.05, 3.63) is 71.5 Å². The Morgan fingerprint density at radius 2 is 1.68 bits per heavy atom. The number of hydrogen-bond acceptors (Lipinski definition) is 1. The topological polar surface area (TPSA) is 12.4 Å². The summed E-state index contributed by atoms with van der Waals surface area (Å²) in [5.74, 6) is 1.18. The van der Waals surface area contributed by atoms with Crippen LogP contribution < -0.4 is 0 Å². The lowest BCUT2D eigenvalue weighted by Crippen LogP contribution is -2.00. The SMILES string of the molecule is CC(N=Cc1ccccc1)=C1C2C=CC=CC1CC2. The van der Waals surface area contributed by atoms with Crippen LogP contribution in [-0.2, 0) is 0 Å². The Balaban J connectivity index is 1.88.